The Bertz CT molecular complexity index is 2210. The number of furan rings is 1. The Morgan fingerprint density at radius 1 is 1.02 bits per heavy atom. The van der Waals surface area contributed by atoms with Crippen molar-refractivity contribution in [3.05, 3.63) is 126 Å². The lowest BCUT2D eigenvalue weighted by Gasteiger charge is -2.10. The average molecular weight is 663 g/mol. The second-order valence-electron chi connectivity index (χ2n) is 9.56. The van der Waals surface area contributed by atoms with E-state index in [0.717, 1.165) is 10.7 Å². The molecule has 0 aliphatic heterocycles. The quantitative estimate of drug-likeness (QED) is 0.101. The number of anilines is 1. The van der Waals surface area contributed by atoms with Crippen LogP contribution in [-0.4, -0.2) is 33.3 Å². The zero-order chi connectivity index (χ0) is 31.7. The Kier molecular flexibility index (Phi) is 8.22. The number of carbonyl (C=O) groups is 1. The van der Waals surface area contributed by atoms with Crippen molar-refractivity contribution >= 4 is 80.2 Å². The Labute approximate surface area is 268 Å². The molecule has 0 radical (unpaired) electrons. The number of para-hydroxylation sites is 1. The van der Waals surface area contributed by atoms with Gasteiger partial charge in [-0.3, -0.25) is 19.7 Å². The van der Waals surface area contributed by atoms with Gasteiger partial charge in [0.05, 0.1) is 27.1 Å². The molecular formula is C31H18Cl3N5O6. The highest BCUT2D eigenvalue weighted by Crippen LogP contribution is 2.36. The van der Waals surface area contributed by atoms with Gasteiger partial charge in [-0.15, -0.1) is 0 Å². The minimum absolute atomic E-state index is 0.0922. The fourth-order valence-electron chi connectivity index (χ4n) is 4.46. The molecule has 6 rings (SSSR count). The molecule has 0 unspecified atom stereocenters. The second-order valence-corrected chi connectivity index (χ2v) is 10.8. The van der Waals surface area contributed by atoms with Gasteiger partial charge in [-0.05, 0) is 66.7 Å². The van der Waals surface area contributed by atoms with Gasteiger partial charge in [-0.1, -0.05) is 46.9 Å². The minimum Gasteiger partial charge on any atom is -0.476 e. The van der Waals surface area contributed by atoms with Gasteiger partial charge in [0.15, 0.2) is 12.4 Å². The highest BCUT2D eigenvalue weighted by molar-refractivity contribution is 6.33. The zero-order valence-corrected chi connectivity index (χ0v) is 25.0. The topological polar surface area (TPSA) is 142 Å². The first kappa shape index (κ1) is 29.8. The molecule has 0 atom stereocenters. The van der Waals surface area contributed by atoms with Crippen molar-refractivity contribution in [2.75, 3.05) is 11.9 Å². The summed E-state index contributed by atoms with van der Waals surface area (Å²) >= 11 is 18.4. The number of carbonyl (C=O) groups excluding carboxylic acids is 1. The molecule has 0 aliphatic carbocycles. The third-order valence-corrected chi connectivity index (χ3v) is 7.26. The lowest BCUT2D eigenvalue weighted by atomic mass is 10.2. The average Bonchev–Trinajstić information content (AvgIpc) is 3.44. The lowest BCUT2D eigenvalue weighted by Crippen LogP contribution is -2.20. The SMILES string of the molecule is O=C(COc1c(Cl)cc(C=Nn2c(-c3cc4cc(Cl)ccc4o3)nc3ccccc3c2=O)cc1[N+](=O)[O-])Nc1ccc(Cl)cc1. The summed E-state index contributed by atoms with van der Waals surface area (Å²) in [6, 6.07) is 22.4. The van der Waals surface area contributed by atoms with E-state index in [0.29, 0.717) is 37.6 Å². The Hall–Kier alpha value is -5.23. The van der Waals surface area contributed by atoms with Crippen LogP contribution >= 0.6 is 34.8 Å². The Morgan fingerprint density at radius 3 is 2.56 bits per heavy atom. The highest BCUT2D eigenvalue weighted by atomic mass is 35.5. The van der Waals surface area contributed by atoms with E-state index in [4.69, 9.17) is 44.0 Å². The molecule has 0 spiro atoms. The van der Waals surface area contributed by atoms with Crippen LogP contribution in [0.25, 0.3) is 33.5 Å². The molecule has 224 valence electrons. The lowest BCUT2D eigenvalue weighted by molar-refractivity contribution is -0.385. The van der Waals surface area contributed by atoms with Crippen LogP contribution in [0.4, 0.5) is 11.4 Å². The molecule has 1 amide bonds. The molecule has 0 aliphatic rings. The summed E-state index contributed by atoms with van der Waals surface area (Å²) in [4.78, 5) is 41.8. The number of nitro groups is 1. The summed E-state index contributed by atoms with van der Waals surface area (Å²) in [5.41, 5.74) is 0.561. The van der Waals surface area contributed by atoms with Gasteiger partial charge >= 0.3 is 5.69 Å². The van der Waals surface area contributed by atoms with Crippen molar-refractivity contribution in [1.29, 1.82) is 0 Å². The predicted octanol–water partition coefficient (Wildman–Crippen LogP) is 7.58. The molecule has 0 saturated heterocycles. The maximum atomic E-state index is 13.6. The van der Waals surface area contributed by atoms with Crippen LogP contribution in [0.2, 0.25) is 15.1 Å². The molecule has 0 bridgehead atoms. The van der Waals surface area contributed by atoms with Crippen molar-refractivity contribution in [2.24, 2.45) is 5.10 Å². The van der Waals surface area contributed by atoms with Crippen LogP contribution in [0.1, 0.15) is 5.56 Å². The van der Waals surface area contributed by atoms with Gasteiger partial charge in [0.1, 0.15) is 5.58 Å². The molecular weight excluding hydrogens is 645 g/mol. The summed E-state index contributed by atoms with van der Waals surface area (Å²) in [6.07, 6.45) is 1.22. The number of fused-ring (bicyclic) bond motifs is 2. The first-order valence-corrected chi connectivity index (χ1v) is 14.2. The van der Waals surface area contributed by atoms with Crippen LogP contribution in [0, 0.1) is 10.1 Å². The fourth-order valence-corrected chi connectivity index (χ4v) is 5.04. The third-order valence-electron chi connectivity index (χ3n) is 6.49. The largest absolute Gasteiger partial charge is 0.476 e. The normalized spacial score (nSPS) is 11.4. The molecule has 45 heavy (non-hydrogen) atoms. The summed E-state index contributed by atoms with van der Waals surface area (Å²) in [6.45, 7) is -0.555. The number of ether oxygens (including phenoxy) is 1. The molecule has 11 nitrogen and oxygen atoms in total. The predicted molar refractivity (Wildman–Crippen MR) is 173 cm³/mol. The summed E-state index contributed by atoms with van der Waals surface area (Å²) in [5.74, 6) is -0.542. The monoisotopic (exact) mass is 661 g/mol. The number of nitrogens with zero attached hydrogens (tertiary/aromatic N) is 4. The molecule has 2 aromatic heterocycles. The Balaban J connectivity index is 1.34. The molecule has 1 N–H and O–H groups in total. The second kappa shape index (κ2) is 12.4. The number of amides is 1. The molecule has 0 saturated carbocycles. The number of halogens is 3. The first-order valence-electron chi connectivity index (χ1n) is 13.1. The Morgan fingerprint density at radius 2 is 1.78 bits per heavy atom. The van der Waals surface area contributed by atoms with Gasteiger partial charge in [-0.25, -0.2) is 4.98 Å². The molecule has 4 aromatic carbocycles. The van der Waals surface area contributed by atoms with Crippen molar-refractivity contribution in [1.82, 2.24) is 9.66 Å². The number of benzene rings is 4. The molecule has 6 aromatic rings. The van der Waals surface area contributed by atoms with Crippen LogP contribution < -0.4 is 15.6 Å². The fraction of sp³-hybridized carbons (Fsp3) is 0.0323. The smallest absolute Gasteiger partial charge is 0.313 e. The standard InChI is InChI=1S/C31H18Cl3N5O6/c32-19-5-8-21(9-6-19)36-28(40)16-44-29-23(34)11-17(12-25(29)39(42)43)15-35-38-30(37-24-4-2-1-3-22(24)31(38)41)27-14-18-13-20(33)7-10-26(18)45-27/h1-15H,16H2,(H,36,40). The number of nitro benzene ring substituents is 1. The number of nitrogens with one attached hydrogen (secondary N) is 1. The van der Waals surface area contributed by atoms with Crippen LogP contribution in [-0.2, 0) is 4.79 Å². The van der Waals surface area contributed by atoms with Gasteiger partial charge in [0.2, 0.25) is 11.6 Å². The maximum absolute atomic E-state index is 13.6. The molecule has 0 fully saturated rings. The van der Waals surface area contributed by atoms with Crippen molar-refractivity contribution in [3.8, 4) is 17.3 Å². The summed E-state index contributed by atoms with van der Waals surface area (Å²) in [5, 5.41) is 20.7. The highest BCUT2D eigenvalue weighted by Gasteiger charge is 2.22. The van der Waals surface area contributed by atoms with E-state index < -0.39 is 28.7 Å². The van der Waals surface area contributed by atoms with Gasteiger partial charge in [-0.2, -0.15) is 9.78 Å². The third kappa shape index (κ3) is 6.36. The van der Waals surface area contributed by atoms with Crippen molar-refractivity contribution in [3.63, 3.8) is 0 Å². The van der Waals surface area contributed by atoms with Crippen molar-refractivity contribution in [2.45, 2.75) is 0 Å². The van der Waals surface area contributed by atoms with E-state index in [1.165, 1.54) is 12.3 Å². The van der Waals surface area contributed by atoms with Crippen LogP contribution in [0.15, 0.2) is 99.2 Å². The van der Waals surface area contributed by atoms with E-state index in [9.17, 15) is 19.7 Å². The van der Waals surface area contributed by atoms with Gasteiger partial charge < -0.3 is 14.5 Å². The van der Waals surface area contributed by atoms with Gasteiger partial charge in [0.25, 0.3) is 11.5 Å². The van der Waals surface area contributed by atoms with E-state index in [2.05, 4.69) is 15.4 Å². The van der Waals surface area contributed by atoms with E-state index >= 15 is 0 Å². The molecule has 14 heteroatoms. The number of hydrogen-bond acceptors (Lipinski definition) is 8. The van der Waals surface area contributed by atoms with E-state index in [1.807, 2.05) is 0 Å². The zero-order valence-electron chi connectivity index (χ0n) is 22.7. The van der Waals surface area contributed by atoms with E-state index in [-0.39, 0.29) is 27.9 Å². The van der Waals surface area contributed by atoms with Crippen LogP contribution in [0.3, 0.4) is 0 Å². The number of rotatable bonds is 8. The maximum Gasteiger partial charge on any atom is 0.313 e. The van der Waals surface area contributed by atoms with Gasteiger partial charge in [0, 0.05) is 32.7 Å². The van der Waals surface area contributed by atoms with E-state index in [1.54, 1.807) is 72.8 Å². The van der Waals surface area contributed by atoms with Crippen LogP contribution in [0.5, 0.6) is 5.75 Å². The minimum atomic E-state index is -0.704. The molecule has 2 heterocycles. The van der Waals surface area contributed by atoms with Crippen molar-refractivity contribution < 1.29 is 18.9 Å². The summed E-state index contributed by atoms with van der Waals surface area (Å²) < 4.78 is 12.4. The number of aromatic nitrogens is 2. The summed E-state index contributed by atoms with van der Waals surface area (Å²) in [7, 11) is 0. The first-order chi connectivity index (χ1) is 21.7. The number of hydrogen-bond donors (Lipinski definition) is 1.